The lowest BCUT2D eigenvalue weighted by Crippen LogP contribution is -2.21. The van der Waals surface area contributed by atoms with Crippen LogP contribution in [0.4, 0.5) is 11.4 Å². The molecule has 3 aromatic rings. The minimum absolute atomic E-state index is 0.129. The highest BCUT2D eigenvalue weighted by Crippen LogP contribution is 2.24. The zero-order valence-electron chi connectivity index (χ0n) is 15.3. The van der Waals surface area contributed by atoms with Crippen LogP contribution in [0.3, 0.4) is 0 Å². The van der Waals surface area contributed by atoms with Crippen LogP contribution in [0.25, 0.3) is 0 Å². The highest BCUT2D eigenvalue weighted by Gasteiger charge is 2.12. The molecule has 0 aromatic heterocycles. The number of carbonyl (C=O) groups is 2. The van der Waals surface area contributed by atoms with E-state index in [9.17, 15) is 14.7 Å². The van der Waals surface area contributed by atoms with E-state index >= 15 is 0 Å². The van der Waals surface area contributed by atoms with Crippen molar-refractivity contribution in [2.45, 2.75) is 6.42 Å². The molecule has 7 nitrogen and oxygen atoms in total. The van der Waals surface area contributed by atoms with Crippen LogP contribution in [0.15, 0.2) is 72.8 Å². The Morgan fingerprint density at radius 1 is 0.897 bits per heavy atom. The van der Waals surface area contributed by atoms with Crippen molar-refractivity contribution in [3.63, 3.8) is 0 Å². The van der Waals surface area contributed by atoms with Crippen LogP contribution in [0, 0.1) is 11.3 Å². The number of carbonyl (C=O) groups excluding carboxylic acids is 2. The van der Waals surface area contributed by atoms with Crippen LogP contribution in [-0.4, -0.2) is 16.9 Å². The summed E-state index contributed by atoms with van der Waals surface area (Å²) >= 11 is 0. The predicted octanol–water partition coefficient (Wildman–Crippen LogP) is 4.02. The van der Waals surface area contributed by atoms with Gasteiger partial charge in [0.2, 0.25) is 11.8 Å². The lowest BCUT2D eigenvalue weighted by molar-refractivity contribution is -0.123. The maximum absolute atomic E-state index is 12.1. The van der Waals surface area contributed by atoms with Gasteiger partial charge in [-0.2, -0.15) is 5.26 Å². The van der Waals surface area contributed by atoms with E-state index in [0.717, 1.165) is 0 Å². The second-order valence-electron chi connectivity index (χ2n) is 6.06. The monoisotopic (exact) mass is 387 g/mol. The number of aromatic hydroxyl groups is 1. The second-order valence-corrected chi connectivity index (χ2v) is 6.06. The van der Waals surface area contributed by atoms with Crippen molar-refractivity contribution in [1.29, 1.82) is 5.26 Å². The summed E-state index contributed by atoms with van der Waals surface area (Å²) in [6.07, 6.45) is -0.429. The summed E-state index contributed by atoms with van der Waals surface area (Å²) < 4.78 is 5.68. The number of rotatable bonds is 6. The van der Waals surface area contributed by atoms with Crippen molar-refractivity contribution in [1.82, 2.24) is 0 Å². The first-order valence-corrected chi connectivity index (χ1v) is 8.69. The SMILES string of the molecule is N#Cc1ccc(NC(=O)CC(=O)Nc2ccc(Oc3ccccc3)cc2)c(O)c1. The van der Waals surface area contributed by atoms with Gasteiger partial charge in [0.05, 0.1) is 17.3 Å². The van der Waals surface area contributed by atoms with E-state index in [1.165, 1.54) is 18.2 Å². The molecule has 0 aliphatic heterocycles. The van der Waals surface area contributed by atoms with Gasteiger partial charge in [0.25, 0.3) is 0 Å². The maximum Gasteiger partial charge on any atom is 0.233 e. The van der Waals surface area contributed by atoms with Crippen LogP contribution in [0.1, 0.15) is 12.0 Å². The molecule has 0 aliphatic rings. The standard InChI is InChI=1S/C22H17N3O4/c23-14-15-6-11-19(20(26)12-15)25-22(28)13-21(27)24-16-7-9-18(10-8-16)29-17-4-2-1-3-5-17/h1-12,26H,13H2,(H,24,27)(H,25,28). The molecule has 0 unspecified atom stereocenters. The van der Waals surface area contributed by atoms with Crippen LogP contribution < -0.4 is 15.4 Å². The molecule has 0 bridgehead atoms. The Hall–Kier alpha value is -4.31. The molecule has 3 rings (SSSR count). The lowest BCUT2D eigenvalue weighted by Gasteiger charge is -2.09. The summed E-state index contributed by atoms with van der Waals surface area (Å²) in [5, 5.41) is 23.6. The van der Waals surface area contributed by atoms with E-state index in [-0.39, 0.29) is 17.0 Å². The largest absolute Gasteiger partial charge is 0.506 e. The van der Waals surface area contributed by atoms with Crippen LogP contribution in [0.2, 0.25) is 0 Å². The Morgan fingerprint density at radius 2 is 1.55 bits per heavy atom. The van der Waals surface area contributed by atoms with E-state index in [4.69, 9.17) is 10.00 Å². The number of nitriles is 1. The fourth-order valence-corrected chi connectivity index (χ4v) is 2.48. The molecule has 0 radical (unpaired) electrons. The van der Waals surface area contributed by atoms with Crippen molar-refractivity contribution >= 4 is 23.2 Å². The van der Waals surface area contributed by atoms with Gasteiger partial charge in [-0.3, -0.25) is 9.59 Å². The van der Waals surface area contributed by atoms with Gasteiger partial charge >= 0.3 is 0 Å². The molecule has 2 amide bonds. The third kappa shape index (κ3) is 5.58. The van der Waals surface area contributed by atoms with E-state index < -0.39 is 18.2 Å². The number of hydrogen-bond donors (Lipinski definition) is 3. The molecule has 3 aromatic carbocycles. The summed E-state index contributed by atoms with van der Waals surface area (Å²) in [5.74, 6) is -0.0269. The summed E-state index contributed by atoms with van der Waals surface area (Å²) in [4.78, 5) is 24.1. The number of amides is 2. The van der Waals surface area contributed by atoms with Crippen molar-refractivity contribution < 1.29 is 19.4 Å². The number of para-hydroxylation sites is 1. The Kier molecular flexibility index (Phi) is 6.08. The fraction of sp³-hybridized carbons (Fsp3) is 0.0455. The molecule has 0 spiro atoms. The molecular weight excluding hydrogens is 370 g/mol. The molecule has 0 fully saturated rings. The minimum atomic E-state index is -0.591. The number of benzene rings is 3. The fourth-order valence-electron chi connectivity index (χ4n) is 2.48. The Morgan fingerprint density at radius 3 is 2.21 bits per heavy atom. The third-order valence-corrected chi connectivity index (χ3v) is 3.84. The van der Waals surface area contributed by atoms with Gasteiger partial charge in [-0.1, -0.05) is 18.2 Å². The van der Waals surface area contributed by atoms with Gasteiger partial charge < -0.3 is 20.5 Å². The van der Waals surface area contributed by atoms with Gasteiger partial charge in [-0.25, -0.2) is 0 Å². The first kappa shape index (κ1) is 19.5. The van der Waals surface area contributed by atoms with Crippen molar-refractivity contribution in [3.05, 3.63) is 78.4 Å². The summed E-state index contributed by atoms with van der Waals surface area (Å²) in [6, 6.07) is 22.0. The average Bonchev–Trinajstić information content (AvgIpc) is 2.71. The topological polar surface area (TPSA) is 111 Å². The molecule has 0 heterocycles. The molecule has 0 atom stereocenters. The van der Waals surface area contributed by atoms with Crippen LogP contribution in [-0.2, 0) is 9.59 Å². The van der Waals surface area contributed by atoms with Gasteiger partial charge in [-0.15, -0.1) is 0 Å². The van der Waals surface area contributed by atoms with Gasteiger partial charge in [0.15, 0.2) is 0 Å². The summed E-state index contributed by atoms with van der Waals surface area (Å²) in [6.45, 7) is 0. The van der Waals surface area contributed by atoms with Crippen molar-refractivity contribution in [3.8, 4) is 23.3 Å². The molecule has 29 heavy (non-hydrogen) atoms. The van der Waals surface area contributed by atoms with Crippen LogP contribution in [0.5, 0.6) is 17.2 Å². The van der Waals surface area contributed by atoms with Crippen molar-refractivity contribution in [2.75, 3.05) is 10.6 Å². The summed E-state index contributed by atoms with van der Waals surface area (Å²) in [7, 11) is 0. The number of phenols is 1. The lowest BCUT2D eigenvalue weighted by atomic mass is 10.2. The zero-order chi connectivity index (χ0) is 20.6. The zero-order valence-corrected chi connectivity index (χ0v) is 15.3. The van der Waals surface area contributed by atoms with Gasteiger partial charge in [-0.05, 0) is 54.6 Å². The number of ether oxygens (including phenoxy) is 1. The number of nitrogens with zero attached hydrogens (tertiary/aromatic N) is 1. The number of anilines is 2. The predicted molar refractivity (Wildman–Crippen MR) is 108 cm³/mol. The van der Waals surface area contributed by atoms with E-state index in [1.54, 1.807) is 24.3 Å². The normalized spacial score (nSPS) is 9.90. The van der Waals surface area contributed by atoms with Gasteiger partial charge in [0.1, 0.15) is 23.7 Å². The maximum atomic E-state index is 12.1. The second kappa shape index (κ2) is 9.06. The average molecular weight is 387 g/mol. The van der Waals surface area contributed by atoms with E-state index in [2.05, 4.69) is 10.6 Å². The molecular formula is C22H17N3O4. The molecule has 0 aliphatic carbocycles. The van der Waals surface area contributed by atoms with E-state index in [1.807, 2.05) is 36.4 Å². The summed E-state index contributed by atoms with van der Waals surface area (Å²) in [5.41, 5.74) is 0.909. The van der Waals surface area contributed by atoms with Gasteiger partial charge in [0, 0.05) is 5.69 Å². The van der Waals surface area contributed by atoms with Crippen LogP contribution >= 0.6 is 0 Å². The number of hydrogen-bond acceptors (Lipinski definition) is 5. The highest BCUT2D eigenvalue weighted by atomic mass is 16.5. The Balaban J connectivity index is 1.52. The Bertz CT molecular complexity index is 1060. The first-order valence-electron chi connectivity index (χ1n) is 8.69. The Labute approximate surface area is 167 Å². The van der Waals surface area contributed by atoms with Crippen molar-refractivity contribution in [2.24, 2.45) is 0 Å². The quantitative estimate of drug-likeness (QED) is 0.437. The molecule has 0 saturated heterocycles. The van der Waals surface area contributed by atoms with E-state index in [0.29, 0.717) is 17.2 Å². The molecule has 144 valence electrons. The third-order valence-electron chi connectivity index (χ3n) is 3.84. The first-order chi connectivity index (χ1) is 14.0. The number of phenolic OH excluding ortho intramolecular Hbond substituents is 1. The number of nitrogens with one attached hydrogen (secondary N) is 2. The smallest absolute Gasteiger partial charge is 0.233 e. The molecule has 3 N–H and O–H groups in total. The minimum Gasteiger partial charge on any atom is -0.506 e. The molecule has 7 heteroatoms. The molecule has 0 saturated carbocycles. The highest BCUT2D eigenvalue weighted by molar-refractivity contribution is 6.08.